The van der Waals surface area contributed by atoms with Crippen LogP contribution in [0.5, 0.6) is 17.4 Å². The summed E-state index contributed by atoms with van der Waals surface area (Å²) < 4.78 is 16.1. The number of fused-ring (bicyclic) bond motifs is 2. The Labute approximate surface area is 161 Å². The zero-order chi connectivity index (χ0) is 20.0. The van der Waals surface area contributed by atoms with E-state index in [0.717, 1.165) is 0 Å². The number of H-pyrrole nitrogens is 1. The molecule has 0 unspecified atom stereocenters. The van der Waals surface area contributed by atoms with Crippen LogP contribution in [-0.4, -0.2) is 29.2 Å². The van der Waals surface area contributed by atoms with Crippen molar-refractivity contribution in [3.05, 3.63) is 43.8 Å². The summed E-state index contributed by atoms with van der Waals surface area (Å²) in [5.74, 6) is 0.612. The van der Waals surface area contributed by atoms with Crippen molar-refractivity contribution < 1.29 is 19.0 Å². The Kier molecular flexibility index (Phi) is 7.01. The zero-order valence-corrected chi connectivity index (χ0v) is 16.2. The Morgan fingerprint density at radius 2 is 2.07 bits per heavy atom. The topological polar surface area (TPSA) is 90.5 Å². The van der Waals surface area contributed by atoms with Gasteiger partial charge in [0.1, 0.15) is 21.5 Å². The van der Waals surface area contributed by atoms with E-state index in [-0.39, 0.29) is 34.5 Å². The zero-order valence-electron chi connectivity index (χ0n) is 15.4. The third-order valence-electron chi connectivity index (χ3n) is 3.41. The minimum Gasteiger partial charge on any atom is -0.492 e. The fraction of sp³-hybridized carbons (Fsp3) is 0.316. The van der Waals surface area contributed by atoms with Crippen LogP contribution in [0.2, 0.25) is 5.02 Å². The summed E-state index contributed by atoms with van der Waals surface area (Å²) >= 11 is 6.35. The molecule has 3 rings (SSSR count). The molecule has 0 aliphatic carbocycles. The first-order valence-corrected chi connectivity index (χ1v) is 8.91. The second kappa shape index (κ2) is 9.23. The van der Waals surface area contributed by atoms with Gasteiger partial charge in [0.05, 0.1) is 13.2 Å². The largest absolute Gasteiger partial charge is 0.492 e. The van der Waals surface area contributed by atoms with E-state index in [4.69, 9.17) is 25.8 Å². The van der Waals surface area contributed by atoms with Crippen molar-refractivity contribution in [2.45, 2.75) is 27.2 Å². The smallest absolute Gasteiger partial charge is 0.302 e. The van der Waals surface area contributed by atoms with Gasteiger partial charge in [-0.1, -0.05) is 32.0 Å². The fourth-order valence-corrected chi connectivity index (χ4v) is 2.57. The lowest BCUT2D eigenvalue weighted by Crippen LogP contribution is -2.37. The van der Waals surface area contributed by atoms with Gasteiger partial charge in [-0.3, -0.25) is 9.59 Å². The highest BCUT2D eigenvalue weighted by atomic mass is 35.5. The molecule has 0 fully saturated rings. The number of benzene rings is 1. The van der Waals surface area contributed by atoms with Gasteiger partial charge in [0, 0.05) is 18.9 Å². The minimum absolute atomic E-state index is 0.148. The molecule has 1 N–H and O–H groups in total. The lowest BCUT2D eigenvalue weighted by atomic mass is 10.1. The highest BCUT2D eigenvalue weighted by Gasteiger charge is 2.20. The molecule has 0 atom stereocenters. The molecule has 0 spiro atoms. The van der Waals surface area contributed by atoms with Crippen molar-refractivity contribution >= 4 is 30.2 Å². The van der Waals surface area contributed by atoms with Crippen molar-refractivity contribution in [3.63, 3.8) is 0 Å². The molecule has 1 aliphatic heterocycles. The molecular formula is C19H21ClN2O5. The van der Waals surface area contributed by atoms with E-state index < -0.39 is 0 Å². The van der Waals surface area contributed by atoms with Gasteiger partial charge in [-0.2, -0.15) is 4.98 Å². The van der Waals surface area contributed by atoms with Crippen LogP contribution in [0.4, 0.5) is 0 Å². The number of nitrogens with one attached hydrogen (secondary N) is 1. The Morgan fingerprint density at radius 3 is 2.78 bits per heavy atom. The van der Waals surface area contributed by atoms with Crippen LogP contribution < -0.4 is 25.7 Å². The normalized spacial score (nSPS) is 11.0. The highest BCUT2D eigenvalue weighted by Crippen LogP contribution is 2.40. The number of carbonyl (C=O) groups is 1. The number of esters is 1. The molecule has 1 aromatic heterocycles. The summed E-state index contributed by atoms with van der Waals surface area (Å²) in [6.45, 7) is 9.55. The Bertz CT molecular complexity index is 1000. The number of hydrogen-bond donors (Lipinski definition) is 1. The molecule has 2 heterocycles. The molecule has 144 valence electrons. The van der Waals surface area contributed by atoms with Gasteiger partial charge in [-0.05, 0) is 18.2 Å². The van der Waals surface area contributed by atoms with Crippen molar-refractivity contribution in [2.24, 2.45) is 0 Å². The Morgan fingerprint density at radius 1 is 1.33 bits per heavy atom. The SMILES string of the molecule is C=c1nc2c(c(=O)[nH]1)=Cc1ccc(OCCCOC(C)=O)c(Cl)c1O2.CC. The van der Waals surface area contributed by atoms with Crippen molar-refractivity contribution in [1.82, 2.24) is 9.97 Å². The second-order valence-electron chi connectivity index (χ2n) is 5.32. The summed E-state index contributed by atoms with van der Waals surface area (Å²) in [5.41, 5.74) is 0.519. The maximum absolute atomic E-state index is 12.0. The fourth-order valence-electron chi connectivity index (χ4n) is 2.30. The molecule has 0 radical (unpaired) electrons. The van der Waals surface area contributed by atoms with Crippen LogP contribution >= 0.6 is 11.6 Å². The number of halogens is 1. The third-order valence-corrected chi connectivity index (χ3v) is 3.77. The number of nitrogens with zero attached hydrogens (tertiary/aromatic N) is 1. The van der Waals surface area contributed by atoms with E-state index >= 15 is 0 Å². The van der Waals surface area contributed by atoms with E-state index in [9.17, 15) is 9.59 Å². The first-order chi connectivity index (χ1) is 13.0. The number of carbonyl (C=O) groups excluding carboxylic acids is 1. The van der Waals surface area contributed by atoms with E-state index in [0.29, 0.717) is 35.3 Å². The molecule has 2 aromatic rings. The Hall–Kier alpha value is -2.80. The van der Waals surface area contributed by atoms with Crippen LogP contribution in [0.1, 0.15) is 32.8 Å². The minimum atomic E-state index is -0.332. The lowest BCUT2D eigenvalue weighted by molar-refractivity contribution is -0.141. The maximum Gasteiger partial charge on any atom is 0.302 e. The molecule has 27 heavy (non-hydrogen) atoms. The van der Waals surface area contributed by atoms with Gasteiger partial charge < -0.3 is 19.2 Å². The third kappa shape index (κ3) is 4.89. The molecular weight excluding hydrogens is 372 g/mol. The first-order valence-electron chi connectivity index (χ1n) is 8.53. The maximum atomic E-state index is 12.0. The molecule has 1 aromatic carbocycles. The van der Waals surface area contributed by atoms with Gasteiger partial charge in [-0.15, -0.1) is 0 Å². The van der Waals surface area contributed by atoms with Crippen LogP contribution in [0.15, 0.2) is 16.9 Å². The predicted molar refractivity (Wildman–Crippen MR) is 103 cm³/mol. The van der Waals surface area contributed by atoms with Gasteiger partial charge in [0.15, 0.2) is 5.75 Å². The molecule has 0 saturated heterocycles. The summed E-state index contributed by atoms with van der Waals surface area (Å²) in [7, 11) is 0. The monoisotopic (exact) mass is 392 g/mol. The number of aromatic amines is 1. The van der Waals surface area contributed by atoms with E-state index in [1.165, 1.54) is 6.92 Å². The van der Waals surface area contributed by atoms with Gasteiger partial charge >= 0.3 is 5.97 Å². The average molecular weight is 393 g/mol. The quantitative estimate of drug-likeness (QED) is 0.528. The number of ether oxygens (including phenoxy) is 3. The lowest BCUT2D eigenvalue weighted by Gasteiger charge is -2.17. The van der Waals surface area contributed by atoms with E-state index in [1.807, 2.05) is 13.8 Å². The molecule has 0 amide bonds. The van der Waals surface area contributed by atoms with Crippen LogP contribution in [0, 0.1) is 0 Å². The molecule has 0 bridgehead atoms. The number of rotatable bonds is 5. The first kappa shape index (κ1) is 20.5. The second-order valence-corrected chi connectivity index (χ2v) is 5.69. The average Bonchev–Trinajstić information content (AvgIpc) is 2.64. The molecule has 1 aliphatic rings. The van der Waals surface area contributed by atoms with Gasteiger partial charge in [0.2, 0.25) is 5.88 Å². The summed E-state index contributed by atoms with van der Waals surface area (Å²) in [4.78, 5) is 29.3. The standard InChI is InChI=1S/C17H15ClN2O5.C2H6/c1-9-19-16(22)12-8-11-4-5-13(24-7-3-6-23-10(2)21)14(18)15(11)25-17(12)20-9;1-2/h4-5,8H,1,3,6-7H2,2H3,(H,19,22);1-2H3. The number of aromatic nitrogens is 2. The Balaban J connectivity index is 0.00000126. The summed E-state index contributed by atoms with van der Waals surface area (Å²) in [6.07, 6.45) is 2.18. The predicted octanol–water partition coefficient (Wildman–Crippen LogP) is 2.13. The molecule has 0 saturated carbocycles. The van der Waals surface area contributed by atoms with Gasteiger partial charge in [-0.25, -0.2) is 0 Å². The van der Waals surface area contributed by atoms with Crippen molar-refractivity contribution in [1.29, 1.82) is 0 Å². The van der Waals surface area contributed by atoms with Crippen LogP contribution in [0.25, 0.3) is 12.7 Å². The summed E-state index contributed by atoms with van der Waals surface area (Å²) in [5, 5.41) is 0.589. The highest BCUT2D eigenvalue weighted by molar-refractivity contribution is 6.33. The van der Waals surface area contributed by atoms with E-state index in [2.05, 4.69) is 16.5 Å². The van der Waals surface area contributed by atoms with Crippen molar-refractivity contribution in [2.75, 3.05) is 13.2 Å². The van der Waals surface area contributed by atoms with Crippen LogP contribution in [-0.2, 0) is 9.53 Å². The molecule has 7 nitrogen and oxygen atoms in total. The van der Waals surface area contributed by atoms with Crippen LogP contribution in [0.3, 0.4) is 0 Å². The number of hydrogen-bond acceptors (Lipinski definition) is 6. The summed E-state index contributed by atoms with van der Waals surface area (Å²) in [6, 6.07) is 3.43. The molecule has 8 heteroatoms. The van der Waals surface area contributed by atoms with Gasteiger partial charge in [0.25, 0.3) is 5.56 Å². The van der Waals surface area contributed by atoms with Crippen molar-refractivity contribution in [3.8, 4) is 17.4 Å². The van der Waals surface area contributed by atoms with E-state index in [1.54, 1.807) is 18.2 Å².